The molecule has 0 saturated carbocycles. The van der Waals surface area contributed by atoms with E-state index >= 15 is 0 Å². The van der Waals surface area contributed by atoms with Crippen LogP contribution in [0.5, 0.6) is 5.88 Å². The Morgan fingerprint density at radius 1 is 1.38 bits per heavy atom. The molecule has 1 aromatic rings. The summed E-state index contributed by atoms with van der Waals surface area (Å²) in [5.74, 6) is 0.587. The minimum Gasteiger partial charge on any atom is -0.475 e. The van der Waals surface area contributed by atoms with Gasteiger partial charge in [0.2, 0.25) is 5.88 Å². The fourth-order valence-corrected chi connectivity index (χ4v) is 2.06. The molecular weight excluding hydrogens is 226 g/mol. The van der Waals surface area contributed by atoms with Gasteiger partial charge in [0.1, 0.15) is 6.61 Å². The number of hydrogen-bond acceptors (Lipinski definition) is 4. The van der Waals surface area contributed by atoms with Crippen LogP contribution in [-0.2, 0) is 0 Å². The van der Waals surface area contributed by atoms with Crippen molar-refractivity contribution in [2.24, 2.45) is 0 Å². The van der Waals surface area contributed by atoms with Crippen molar-refractivity contribution in [3.05, 3.63) is 16.8 Å². The first-order valence-corrected chi connectivity index (χ1v) is 5.98. The zero-order valence-corrected chi connectivity index (χ0v) is 10.2. The number of ether oxygens (including phenoxy) is 1. The average Bonchev–Trinajstić information content (AvgIpc) is 2.74. The topological polar surface area (TPSA) is 38.3 Å². The lowest BCUT2D eigenvalue weighted by Crippen LogP contribution is -2.25. The highest BCUT2D eigenvalue weighted by Gasteiger charge is 2.11. The van der Waals surface area contributed by atoms with Crippen molar-refractivity contribution in [1.29, 1.82) is 0 Å². The number of rotatable bonds is 4. The van der Waals surface area contributed by atoms with Gasteiger partial charge in [-0.05, 0) is 38.9 Å². The summed E-state index contributed by atoms with van der Waals surface area (Å²) < 4.78 is 5.58. The van der Waals surface area contributed by atoms with E-state index in [1.54, 1.807) is 6.07 Å². The van der Waals surface area contributed by atoms with Gasteiger partial charge in [-0.1, -0.05) is 11.6 Å². The predicted molar refractivity (Wildman–Crippen MR) is 62.9 cm³/mol. The molecular formula is C11H16ClN3O. The Morgan fingerprint density at radius 3 is 2.81 bits per heavy atom. The molecule has 1 saturated heterocycles. The van der Waals surface area contributed by atoms with E-state index in [0.29, 0.717) is 17.6 Å². The normalized spacial score (nSPS) is 16.6. The number of aromatic nitrogens is 2. The van der Waals surface area contributed by atoms with Gasteiger partial charge >= 0.3 is 0 Å². The highest BCUT2D eigenvalue weighted by molar-refractivity contribution is 6.29. The molecule has 0 N–H and O–H groups in total. The molecule has 5 heteroatoms. The number of nitrogens with zero attached hydrogens (tertiary/aromatic N) is 3. The maximum atomic E-state index is 5.72. The van der Waals surface area contributed by atoms with Crippen molar-refractivity contribution in [2.45, 2.75) is 19.8 Å². The first kappa shape index (κ1) is 11.6. The van der Waals surface area contributed by atoms with Crippen molar-refractivity contribution < 1.29 is 4.74 Å². The molecule has 0 amide bonds. The standard InChI is InChI=1S/C11H16ClN3O/c1-9-8-10(12)13-14-11(9)16-7-6-15-4-2-3-5-15/h8H,2-7H2,1H3. The molecule has 1 aliphatic rings. The third kappa shape index (κ3) is 3.06. The lowest BCUT2D eigenvalue weighted by Gasteiger charge is -2.14. The number of aryl methyl sites for hydroxylation is 1. The largest absolute Gasteiger partial charge is 0.475 e. The Balaban J connectivity index is 1.80. The van der Waals surface area contributed by atoms with E-state index in [4.69, 9.17) is 16.3 Å². The predicted octanol–water partition coefficient (Wildman–Crippen LogP) is 1.91. The molecule has 2 heterocycles. The summed E-state index contributed by atoms with van der Waals surface area (Å²) in [4.78, 5) is 2.40. The molecule has 1 aliphatic heterocycles. The quantitative estimate of drug-likeness (QED) is 0.807. The summed E-state index contributed by atoms with van der Waals surface area (Å²) in [5, 5.41) is 8.09. The maximum absolute atomic E-state index is 5.72. The van der Waals surface area contributed by atoms with Gasteiger partial charge in [0, 0.05) is 12.1 Å². The lowest BCUT2D eigenvalue weighted by molar-refractivity contribution is 0.229. The monoisotopic (exact) mass is 241 g/mol. The van der Waals surface area contributed by atoms with Gasteiger partial charge in [0.25, 0.3) is 0 Å². The van der Waals surface area contributed by atoms with Gasteiger partial charge in [-0.15, -0.1) is 10.2 Å². The Kier molecular flexibility index (Phi) is 3.96. The van der Waals surface area contributed by atoms with Crippen LogP contribution in [0, 0.1) is 6.92 Å². The maximum Gasteiger partial charge on any atom is 0.236 e. The van der Waals surface area contributed by atoms with Crippen molar-refractivity contribution in [3.63, 3.8) is 0 Å². The Morgan fingerprint density at radius 2 is 2.12 bits per heavy atom. The molecule has 2 rings (SSSR count). The Labute approximate surface area is 101 Å². The van der Waals surface area contributed by atoms with Gasteiger partial charge in [-0.3, -0.25) is 4.90 Å². The molecule has 0 atom stereocenters. The van der Waals surface area contributed by atoms with Crippen molar-refractivity contribution >= 4 is 11.6 Å². The fourth-order valence-electron chi connectivity index (χ4n) is 1.86. The molecule has 1 aromatic heterocycles. The first-order chi connectivity index (χ1) is 7.75. The van der Waals surface area contributed by atoms with Crippen LogP contribution in [-0.4, -0.2) is 41.3 Å². The molecule has 0 unspecified atom stereocenters. The highest BCUT2D eigenvalue weighted by Crippen LogP contribution is 2.16. The number of hydrogen-bond donors (Lipinski definition) is 0. The minimum absolute atomic E-state index is 0.407. The number of likely N-dealkylation sites (tertiary alicyclic amines) is 1. The first-order valence-electron chi connectivity index (χ1n) is 5.61. The van der Waals surface area contributed by atoms with Gasteiger partial charge in [-0.2, -0.15) is 0 Å². The second-order valence-electron chi connectivity index (χ2n) is 4.05. The van der Waals surface area contributed by atoms with E-state index in [1.807, 2.05) is 6.92 Å². The Hall–Kier alpha value is -0.870. The fraction of sp³-hybridized carbons (Fsp3) is 0.636. The van der Waals surface area contributed by atoms with E-state index in [0.717, 1.165) is 12.1 Å². The van der Waals surface area contributed by atoms with Gasteiger partial charge in [0.05, 0.1) is 0 Å². The van der Waals surface area contributed by atoms with Crippen LogP contribution >= 0.6 is 11.6 Å². The zero-order chi connectivity index (χ0) is 11.4. The zero-order valence-electron chi connectivity index (χ0n) is 9.45. The number of halogens is 1. The second-order valence-corrected chi connectivity index (χ2v) is 4.44. The molecule has 0 aliphatic carbocycles. The molecule has 0 spiro atoms. The summed E-state index contributed by atoms with van der Waals surface area (Å²) in [6.45, 7) is 5.93. The highest BCUT2D eigenvalue weighted by atomic mass is 35.5. The van der Waals surface area contributed by atoms with Crippen LogP contribution in [0.4, 0.5) is 0 Å². The second kappa shape index (κ2) is 5.46. The average molecular weight is 242 g/mol. The van der Waals surface area contributed by atoms with Crippen molar-refractivity contribution in [1.82, 2.24) is 15.1 Å². The van der Waals surface area contributed by atoms with Crippen molar-refractivity contribution in [3.8, 4) is 5.88 Å². The SMILES string of the molecule is Cc1cc(Cl)nnc1OCCN1CCCC1. The third-order valence-electron chi connectivity index (χ3n) is 2.75. The van der Waals surface area contributed by atoms with Gasteiger partial charge in [0.15, 0.2) is 5.15 Å². The molecule has 1 fully saturated rings. The summed E-state index contributed by atoms with van der Waals surface area (Å²) >= 11 is 5.72. The van der Waals surface area contributed by atoms with E-state index in [9.17, 15) is 0 Å². The molecule has 0 bridgehead atoms. The van der Waals surface area contributed by atoms with E-state index in [-0.39, 0.29) is 0 Å². The molecule has 4 nitrogen and oxygen atoms in total. The summed E-state index contributed by atoms with van der Waals surface area (Å²) in [5.41, 5.74) is 0.932. The lowest BCUT2D eigenvalue weighted by atomic mass is 10.3. The Bertz CT molecular complexity index is 353. The molecule has 88 valence electrons. The van der Waals surface area contributed by atoms with Crippen LogP contribution in [0.1, 0.15) is 18.4 Å². The molecule has 0 aromatic carbocycles. The van der Waals surface area contributed by atoms with E-state index in [1.165, 1.54) is 25.9 Å². The summed E-state index contributed by atoms with van der Waals surface area (Å²) in [7, 11) is 0. The van der Waals surface area contributed by atoms with E-state index in [2.05, 4.69) is 15.1 Å². The summed E-state index contributed by atoms with van der Waals surface area (Å²) in [6.07, 6.45) is 2.61. The molecule has 0 radical (unpaired) electrons. The molecule has 16 heavy (non-hydrogen) atoms. The van der Waals surface area contributed by atoms with Crippen LogP contribution in [0.15, 0.2) is 6.07 Å². The summed E-state index contributed by atoms with van der Waals surface area (Å²) in [6, 6.07) is 1.76. The van der Waals surface area contributed by atoms with Gasteiger partial charge < -0.3 is 4.74 Å². The van der Waals surface area contributed by atoms with E-state index < -0.39 is 0 Å². The minimum atomic E-state index is 0.407. The van der Waals surface area contributed by atoms with Crippen molar-refractivity contribution in [2.75, 3.05) is 26.2 Å². The third-order valence-corrected chi connectivity index (χ3v) is 2.94. The smallest absolute Gasteiger partial charge is 0.236 e. The van der Waals surface area contributed by atoms with Crippen LogP contribution in [0.2, 0.25) is 5.15 Å². The van der Waals surface area contributed by atoms with Crippen LogP contribution in [0.3, 0.4) is 0 Å². The van der Waals surface area contributed by atoms with Crippen LogP contribution in [0.25, 0.3) is 0 Å². The van der Waals surface area contributed by atoms with Crippen LogP contribution < -0.4 is 4.74 Å². The van der Waals surface area contributed by atoms with Gasteiger partial charge in [-0.25, -0.2) is 0 Å².